The molecule has 0 aromatic carbocycles. The van der Waals surface area contributed by atoms with Crippen LogP contribution in [0, 0.1) is 5.92 Å². The predicted octanol–water partition coefficient (Wildman–Crippen LogP) is 3.71. The molecule has 0 amide bonds. The van der Waals surface area contributed by atoms with E-state index in [4.69, 9.17) is 0 Å². The minimum atomic E-state index is -0.0112. The molecule has 0 bridgehead atoms. The molecule has 0 atom stereocenters. The first kappa shape index (κ1) is 14.6. The minimum absolute atomic E-state index is 0.0112. The van der Waals surface area contributed by atoms with Crippen LogP contribution in [0.3, 0.4) is 0 Å². The summed E-state index contributed by atoms with van der Waals surface area (Å²) in [7, 11) is 0. The van der Waals surface area contributed by atoms with E-state index in [1.807, 2.05) is 19.1 Å². The Hall–Kier alpha value is -1.44. The zero-order valence-corrected chi connectivity index (χ0v) is 10.9. The van der Waals surface area contributed by atoms with Crippen LogP contribution in [-0.4, -0.2) is 11.5 Å². The molecule has 0 aliphatic rings. The van der Waals surface area contributed by atoms with Gasteiger partial charge >= 0.3 is 0 Å². The molecule has 0 spiro atoms. The SMILES string of the molecule is C=C/C(N=C(C)C(C)=O)=C(\C=C/C)C(C)C. The second kappa shape index (κ2) is 6.94. The highest BCUT2D eigenvalue weighted by atomic mass is 16.1. The van der Waals surface area contributed by atoms with Crippen molar-refractivity contribution in [3.63, 3.8) is 0 Å². The summed E-state index contributed by atoms with van der Waals surface area (Å²) in [6.07, 6.45) is 5.68. The zero-order chi connectivity index (χ0) is 12.7. The van der Waals surface area contributed by atoms with Crippen LogP contribution in [0.5, 0.6) is 0 Å². The Bertz CT molecular complexity index is 357. The molecule has 0 saturated carbocycles. The molecule has 0 aliphatic carbocycles. The Morgan fingerprint density at radius 3 is 2.19 bits per heavy atom. The van der Waals surface area contributed by atoms with Gasteiger partial charge in [0.05, 0.1) is 11.4 Å². The maximum Gasteiger partial charge on any atom is 0.173 e. The second-order valence-electron chi connectivity index (χ2n) is 3.95. The molecule has 0 aromatic heterocycles. The third-order valence-corrected chi connectivity index (χ3v) is 2.26. The number of allylic oxidation sites excluding steroid dienone is 4. The van der Waals surface area contributed by atoms with E-state index in [1.54, 1.807) is 13.0 Å². The van der Waals surface area contributed by atoms with Crippen LogP contribution >= 0.6 is 0 Å². The minimum Gasteiger partial charge on any atom is -0.293 e. The Morgan fingerprint density at radius 1 is 1.31 bits per heavy atom. The Labute approximate surface area is 98.5 Å². The highest BCUT2D eigenvalue weighted by Crippen LogP contribution is 2.18. The van der Waals surface area contributed by atoms with E-state index in [0.29, 0.717) is 11.6 Å². The molecule has 2 nitrogen and oxygen atoms in total. The van der Waals surface area contributed by atoms with E-state index in [1.165, 1.54) is 6.92 Å². The molecule has 0 saturated heterocycles. The first-order valence-electron chi connectivity index (χ1n) is 5.49. The molecule has 0 aliphatic heterocycles. The standard InChI is InChI=1S/C14H21NO/c1-7-9-13(10(3)4)14(8-2)15-11(5)12(6)16/h7-10H,2H2,1,3-6H3/b9-7-,14-13-,15-11?. The first-order valence-corrected chi connectivity index (χ1v) is 5.49. The fourth-order valence-electron chi connectivity index (χ4n) is 1.24. The van der Waals surface area contributed by atoms with Crippen molar-refractivity contribution in [1.82, 2.24) is 0 Å². The average Bonchev–Trinajstić information content (AvgIpc) is 2.22. The van der Waals surface area contributed by atoms with Crippen molar-refractivity contribution in [1.29, 1.82) is 0 Å². The smallest absolute Gasteiger partial charge is 0.173 e. The fourth-order valence-corrected chi connectivity index (χ4v) is 1.24. The number of nitrogens with zero attached hydrogens (tertiary/aromatic N) is 1. The van der Waals surface area contributed by atoms with Crippen molar-refractivity contribution in [2.24, 2.45) is 10.9 Å². The lowest BCUT2D eigenvalue weighted by Crippen LogP contribution is -2.05. The molecule has 2 heteroatoms. The molecule has 0 N–H and O–H groups in total. The van der Waals surface area contributed by atoms with Gasteiger partial charge in [0, 0.05) is 6.92 Å². The van der Waals surface area contributed by atoms with Gasteiger partial charge in [0.25, 0.3) is 0 Å². The summed E-state index contributed by atoms with van der Waals surface area (Å²) in [4.78, 5) is 15.5. The van der Waals surface area contributed by atoms with Gasteiger partial charge in [-0.05, 0) is 31.4 Å². The summed E-state index contributed by atoms with van der Waals surface area (Å²) in [5.41, 5.74) is 2.39. The molecular formula is C14H21NO. The van der Waals surface area contributed by atoms with Crippen LogP contribution in [0.25, 0.3) is 0 Å². The Balaban J connectivity index is 5.52. The number of hydrogen-bond donors (Lipinski definition) is 0. The van der Waals surface area contributed by atoms with Crippen molar-refractivity contribution in [3.8, 4) is 0 Å². The number of Topliss-reactive ketones (excluding diaryl/α,β-unsaturated/α-hetero) is 1. The van der Waals surface area contributed by atoms with Crippen LogP contribution < -0.4 is 0 Å². The van der Waals surface area contributed by atoms with E-state index < -0.39 is 0 Å². The summed E-state index contributed by atoms with van der Waals surface area (Å²) in [5, 5.41) is 0. The predicted molar refractivity (Wildman–Crippen MR) is 70.7 cm³/mol. The Morgan fingerprint density at radius 2 is 1.88 bits per heavy atom. The van der Waals surface area contributed by atoms with Gasteiger partial charge in [-0.2, -0.15) is 0 Å². The van der Waals surface area contributed by atoms with Crippen molar-refractivity contribution in [3.05, 3.63) is 36.1 Å². The van der Waals surface area contributed by atoms with Gasteiger partial charge in [-0.3, -0.25) is 4.79 Å². The average molecular weight is 219 g/mol. The van der Waals surface area contributed by atoms with Gasteiger partial charge in [0.1, 0.15) is 0 Å². The summed E-state index contributed by atoms with van der Waals surface area (Å²) in [5.74, 6) is 0.343. The number of rotatable bonds is 5. The molecule has 0 heterocycles. The second-order valence-corrected chi connectivity index (χ2v) is 3.95. The normalized spacial score (nSPS) is 14.2. The molecule has 88 valence electrons. The maximum absolute atomic E-state index is 11.1. The van der Waals surface area contributed by atoms with Gasteiger partial charge in [-0.15, -0.1) is 0 Å². The monoisotopic (exact) mass is 219 g/mol. The number of carbonyl (C=O) groups is 1. The van der Waals surface area contributed by atoms with Crippen molar-refractivity contribution in [2.75, 3.05) is 0 Å². The van der Waals surface area contributed by atoms with Crippen LogP contribution in [0.2, 0.25) is 0 Å². The number of hydrogen-bond acceptors (Lipinski definition) is 2. The van der Waals surface area contributed by atoms with Crippen LogP contribution in [0.1, 0.15) is 34.6 Å². The van der Waals surface area contributed by atoms with Crippen LogP contribution in [0.15, 0.2) is 41.1 Å². The molecule has 16 heavy (non-hydrogen) atoms. The van der Waals surface area contributed by atoms with E-state index in [9.17, 15) is 4.79 Å². The summed E-state index contributed by atoms with van der Waals surface area (Å²) < 4.78 is 0. The molecule has 0 aromatic rings. The third-order valence-electron chi connectivity index (χ3n) is 2.26. The van der Waals surface area contributed by atoms with Gasteiger partial charge in [0.2, 0.25) is 0 Å². The highest BCUT2D eigenvalue weighted by molar-refractivity contribution is 6.38. The fraction of sp³-hybridized carbons (Fsp3) is 0.429. The Kier molecular flexibility index (Phi) is 6.31. The molecule has 0 radical (unpaired) electrons. The van der Waals surface area contributed by atoms with Crippen LogP contribution in [-0.2, 0) is 4.79 Å². The molecule has 0 rings (SSSR count). The first-order chi connectivity index (χ1) is 7.43. The number of ketones is 1. The van der Waals surface area contributed by atoms with Gasteiger partial charge in [0.15, 0.2) is 5.78 Å². The summed E-state index contributed by atoms with van der Waals surface area (Å²) in [6.45, 7) is 13.1. The lowest BCUT2D eigenvalue weighted by molar-refractivity contribution is -0.111. The van der Waals surface area contributed by atoms with E-state index in [-0.39, 0.29) is 5.78 Å². The van der Waals surface area contributed by atoms with Gasteiger partial charge in [-0.25, -0.2) is 4.99 Å². The largest absolute Gasteiger partial charge is 0.293 e. The maximum atomic E-state index is 11.1. The summed E-state index contributed by atoms with van der Waals surface area (Å²) >= 11 is 0. The summed E-state index contributed by atoms with van der Waals surface area (Å²) in [6, 6.07) is 0. The van der Waals surface area contributed by atoms with Crippen LogP contribution in [0.4, 0.5) is 0 Å². The van der Waals surface area contributed by atoms with Crippen molar-refractivity contribution < 1.29 is 4.79 Å². The highest BCUT2D eigenvalue weighted by Gasteiger charge is 2.06. The van der Waals surface area contributed by atoms with Gasteiger partial charge in [-0.1, -0.05) is 32.6 Å². The lowest BCUT2D eigenvalue weighted by Gasteiger charge is -2.09. The number of carbonyl (C=O) groups excluding carboxylic acids is 1. The van der Waals surface area contributed by atoms with E-state index in [0.717, 1.165) is 11.3 Å². The molecule has 0 fully saturated rings. The van der Waals surface area contributed by atoms with Crippen molar-refractivity contribution in [2.45, 2.75) is 34.6 Å². The quantitative estimate of drug-likeness (QED) is 0.512. The molecule has 0 unspecified atom stereocenters. The molecular weight excluding hydrogens is 198 g/mol. The van der Waals surface area contributed by atoms with Gasteiger partial charge < -0.3 is 0 Å². The van der Waals surface area contributed by atoms with E-state index >= 15 is 0 Å². The zero-order valence-electron chi connectivity index (χ0n) is 10.9. The van der Waals surface area contributed by atoms with Crippen molar-refractivity contribution >= 4 is 11.5 Å². The number of aliphatic imine (C=N–C) groups is 1. The lowest BCUT2D eigenvalue weighted by atomic mass is 10.0. The third kappa shape index (κ3) is 4.39. The van der Waals surface area contributed by atoms with E-state index in [2.05, 4.69) is 25.4 Å². The topological polar surface area (TPSA) is 29.4 Å².